The second kappa shape index (κ2) is 6.79. The lowest BCUT2D eigenvalue weighted by Gasteiger charge is -2.16. The number of hydrogen-bond donors (Lipinski definition) is 0. The van der Waals surface area contributed by atoms with Crippen LogP contribution in [-0.2, 0) is 4.79 Å². The first-order chi connectivity index (χ1) is 9.15. The number of anilines is 1. The van der Waals surface area contributed by atoms with Gasteiger partial charge in [0.1, 0.15) is 0 Å². The first kappa shape index (κ1) is 14.9. The van der Waals surface area contributed by atoms with Gasteiger partial charge in [-0.1, -0.05) is 43.7 Å². The number of rotatable bonds is 4. The first-order valence-electron chi connectivity index (χ1n) is 6.58. The zero-order valence-corrected chi connectivity index (χ0v) is 14.3. The number of hydrogen-bond acceptors (Lipinski definition) is 2. The van der Waals surface area contributed by atoms with Gasteiger partial charge in [0.15, 0.2) is 0 Å². The molecule has 0 spiro atoms. The molecule has 2 nitrogen and oxygen atoms in total. The highest BCUT2D eigenvalue weighted by atomic mass is 127. The topological polar surface area (TPSA) is 20.3 Å². The van der Waals surface area contributed by atoms with E-state index in [0.29, 0.717) is 0 Å². The number of unbranched alkanes of at least 4 members (excludes halogenated alkanes) is 2. The molecule has 1 aliphatic rings. The second-order valence-electron chi connectivity index (χ2n) is 4.63. The summed E-state index contributed by atoms with van der Waals surface area (Å²) in [6, 6.07) is 8.13. The van der Waals surface area contributed by atoms with Crippen LogP contribution in [0.3, 0.4) is 0 Å². The maximum atomic E-state index is 12.4. The second-order valence-corrected chi connectivity index (χ2v) is 6.84. The van der Waals surface area contributed by atoms with Gasteiger partial charge in [-0.25, -0.2) is 0 Å². The molecular formula is C15H18INOS. The fraction of sp³-hybridized carbons (Fsp3) is 0.400. The maximum Gasteiger partial charge on any atom is 0.265 e. The summed E-state index contributed by atoms with van der Waals surface area (Å²) in [6.07, 6.45) is 4.59. The van der Waals surface area contributed by atoms with Crippen molar-refractivity contribution in [3.8, 4) is 0 Å². The van der Waals surface area contributed by atoms with Gasteiger partial charge in [0.05, 0.1) is 9.27 Å². The predicted octanol–water partition coefficient (Wildman–Crippen LogP) is 4.98. The zero-order valence-electron chi connectivity index (χ0n) is 11.3. The third kappa shape index (κ3) is 3.34. The molecule has 19 heavy (non-hydrogen) atoms. The largest absolute Gasteiger partial charge is 0.310 e. The lowest BCUT2D eigenvalue weighted by Crippen LogP contribution is -2.25. The minimum absolute atomic E-state index is 0.115. The molecular weight excluding hydrogens is 369 g/mol. The standard InChI is InChI=1S/C15H18INOS/c1-3-4-5-10-13-14(16)15(18)17(2)11-8-6-7-9-12(11)19-13/h6-9H,3-5,10H2,1-2H3. The Labute approximate surface area is 132 Å². The number of nitrogens with zero attached hydrogens (tertiary/aromatic N) is 1. The van der Waals surface area contributed by atoms with Crippen LogP contribution in [0.4, 0.5) is 5.69 Å². The van der Waals surface area contributed by atoms with E-state index in [1.165, 1.54) is 22.6 Å². The Bertz CT molecular complexity index is 513. The molecule has 1 amide bonds. The van der Waals surface area contributed by atoms with Crippen molar-refractivity contribution in [1.82, 2.24) is 0 Å². The van der Waals surface area contributed by atoms with Crippen molar-refractivity contribution in [3.63, 3.8) is 0 Å². The summed E-state index contributed by atoms with van der Waals surface area (Å²) in [4.78, 5) is 16.6. The molecule has 0 N–H and O–H groups in total. The van der Waals surface area contributed by atoms with Crippen LogP contribution in [0.25, 0.3) is 0 Å². The predicted molar refractivity (Wildman–Crippen MR) is 90.9 cm³/mol. The number of allylic oxidation sites excluding steroid dienone is 1. The van der Waals surface area contributed by atoms with Crippen LogP contribution >= 0.6 is 34.4 Å². The van der Waals surface area contributed by atoms with Gasteiger partial charge < -0.3 is 4.90 Å². The quantitative estimate of drug-likeness (QED) is 0.536. The molecule has 102 valence electrons. The minimum atomic E-state index is 0.115. The molecule has 1 aromatic rings. The smallest absolute Gasteiger partial charge is 0.265 e. The lowest BCUT2D eigenvalue weighted by molar-refractivity contribution is -0.114. The van der Waals surface area contributed by atoms with E-state index in [4.69, 9.17) is 0 Å². The highest BCUT2D eigenvalue weighted by molar-refractivity contribution is 14.1. The maximum absolute atomic E-state index is 12.4. The molecule has 4 heteroatoms. The Balaban J connectivity index is 2.31. The van der Waals surface area contributed by atoms with Crippen molar-refractivity contribution < 1.29 is 4.79 Å². The van der Waals surface area contributed by atoms with E-state index >= 15 is 0 Å². The summed E-state index contributed by atoms with van der Waals surface area (Å²) < 4.78 is 0.873. The molecule has 1 aromatic carbocycles. The molecule has 0 aliphatic carbocycles. The Hall–Kier alpha value is -0.490. The minimum Gasteiger partial charge on any atom is -0.310 e. The van der Waals surface area contributed by atoms with Crippen LogP contribution in [0.5, 0.6) is 0 Å². The average molecular weight is 387 g/mol. The average Bonchev–Trinajstić information content (AvgIpc) is 2.52. The third-order valence-corrected chi connectivity index (χ3v) is 5.90. The van der Waals surface area contributed by atoms with Crippen molar-refractivity contribution in [2.45, 2.75) is 37.5 Å². The SMILES string of the molecule is CCCCCC1=C(I)C(=O)N(C)c2ccccc2S1. The van der Waals surface area contributed by atoms with E-state index < -0.39 is 0 Å². The molecule has 0 radical (unpaired) electrons. The summed E-state index contributed by atoms with van der Waals surface area (Å²) in [5.41, 5.74) is 1.01. The van der Waals surface area contributed by atoms with E-state index in [1.807, 2.05) is 25.2 Å². The van der Waals surface area contributed by atoms with Crippen LogP contribution in [0.15, 0.2) is 37.6 Å². The molecule has 0 bridgehead atoms. The number of amides is 1. The Kier molecular flexibility index (Phi) is 5.33. The number of halogens is 1. The number of fused-ring (bicyclic) bond motifs is 1. The molecule has 2 rings (SSSR count). The number of para-hydroxylation sites is 1. The third-order valence-electron chi connectivity index (χ3n) is 3.20. The van der Waals surface area contributed by atoms with E-state index in [9.17, 15) is 4.79 Å². The number of carbonyl (C=O) groups is 1. The van der Waals surface area contributed by atoms with Crippen molar-refractivity contribution in [2.75, 3.05) is 11.9 Å². The van der Waals surface area contributed by atoms with E-state index in [0.717, 1.165) is 22.1 Å². The number of benzene rings is 1. The molecule has 0 aromatic heterocycles. The first-order valence-corrected chi connectivity index (χ1v) is 8.48. The number of thioether (sulfide) groups is 1. The Morgan fingerprint density at radius 2 is 2.00 bits per heavy atom. The molecule has 0 saturated heterocycles. The van der Waals surface area contributed by atoms with Crippen molar-refractivity contribution >= 4 is 45.9 Å². The van der Waals surface area contributed by atoms with Gasteiger partial charge in [0.2, 0.25) is 0 Å². The summed E-state index contributed by atoms with van der Waals surface area (Å²) in [6.45, 7) is 2.20. The normalized spacial score (nSPS) is 15.5. The van der Waals surface area contributed by atoms with Crippen molar-refractivity contribution in [1.29, 1.82) is 0 Å². The van der Waals surface area contributed by atoms with Crippen LogP contribution in [-0.4, -0.2) is 13.0 Å². The van der Waals surface area contributed by atoms with E-state index in [2.05, 4.69) is 35.6 Å². The molecule has 0 atom stereocenters. The van der Waals surface area contributed by atoms with Crippen LogP contribution in [0, 0.1) is 0 Å². The van der Waals surface area contributed by atoms with Crippen LogP contribution in [0.1, 0.15) is 32.6 Å². The van der Waals surface area contributed by atoms with Gasteiger partial charge in [-0.05, 0) is 47.6 Å². The molecule has 0 saturated carbocycles. The van der Waals surface area contributed by atoms with Gasteiger partial charge in [-0.3, -0.25) is 4.79 Å². The summed E-state index contributed by atoms with van der Waals surface area (Å²) in [5, 5.41) is 0. The summed E-state index contributed by atoms with van der Waals surface area (Å²) in [5.74, 6) is 0.115. The summed E-state index contributed by atoms with van der Waals surface area (Å²) >= 11 is 3.96. The highest BCUT2D eigenvalue weighted by Crippen LogP contribution is 2.43. The highest BCUT2D eigenvalue weighted by Gasteiger charge is 2.24. The van der Waals surface area contributed by atoms with E-state index in [1.54, 1.807) is 16.7 Å². The van der Waals surface area contributed by atoms with Gasteiger partial charge in [-0.2, -0.15) is 0 Å². The molecule has 1 heterocycles. The van der Waals surface area contributed by atoms with Gasteiger partial charge in [-0.15, -0.1) is 0 Å². The van der Waals surface area contributed by atoms with Crippen molar-refractivity contribution in [2.24, 2.45) is 0 Å². The summed E-state index contributed by atoms with van der Waals surface area (Å²) in [7, 11) is 1.86. The van der Waals surface area contributed by atoms with Gasteiger partial charge >= 0.3 is 0 Å². The van der Waals surface area contributed by atoms with Crippen LogP contribution in [0.2, 0.25) is 0 Å². The molecule has 1 aliphatic heterocycles. The van der Waals surface area contributed by atoms with Crippen LogP contribution < -0.4 is 4.90 Å². The van der Waals surface area contributed by atoms with E-state index in [-0.39, 0.29) is 5.91 Å². The lowest BCUT2D eigenvalue weighted by atomic mass is 10.2. The number of likely N-dealkylation sites (N-methyl/N-ethyl adjacent to an activating group) is 1. The zero-order chi connectivity index (χ0) is 13.8. The molecule has 0 fully saturated rings. The molecule has 0 unspecified atom stereocenters. The monoisotopic (exact) mass is 387 g/mol. The fourth-order valence-electron chi connectivity index (χ4n) is 2.07. The van der Waals surface area contributed by atoms with Gasteiger partial charge in [0, 0.05) is 16.8 Å². The van der Waals surface area contributed by atoms with Gasteiger partial charge in [0.25, 0.3) is 5.91 Å². The Morgan fingerprint density at radius 3 is 2.74 bits per heavy atom. The fourth-order valence-corrected chi connectivity index (χ4v) is 4.18. The Morgan fingerprint density at radius 1 is 1.26 bits per heavy atom. The number of carbonyl (C=O) groups excluding carboxylic acids is 1. The van der Waals surface area contributed by atoms with Crippen molar-refractivity contribution in [3.05, 3.63) is 32.8 Å².